The van der Waals surface area contributed by atoms with E-state index >= 15 is 4.39 Å². The summed E-state index contributed by atoms with van der Waals surface area (Å²) in [6.07, 6.45) is 1.36. The zero-order valence-corrected chi connectivity index (χ0v) is 20.8. The summed E-state index contributed by atoms with van der Waals surface area (Å²) in [5, 5.41) is 3.00. The maximum atomic E-state index is 15.0. The van der Waals surface area contributed by atoms with Crippen LogP contribution in [0, 0.1) is 30.2 Å². The standard InChI is InChI=1S/C24H20ClF4N4OP/c1-11(19-14(26)6-7-15(27)21(19)29)32-24-20(25)12(2)31-17-9-16(28)22(33-23(17)24)13-5-8-18(30-10-13)35(3,4)34/h5-11H,1-4H3,(H,31,32). The minimum Gasteiger partial charge on any atom is -0.375 e. The Morgan fingerprint density at radius 3 is 2.31 bits per heavy atom. The quantitative estimate of drug-likeness (QED) is 0.181. The Hall–Kier alpha value is -3.03. The molecule has 35 heavy (non-hydrogen) atoms. The number of hydrogen-bond donors (Lipinski definition) is 1. The van der Waals surface area contributed by atoms with Gasteiger partial charge >= 0.3 is 0 Å². The van der Waals surface area contributed by atoms with Crippen LogP contribution in [0.1, 0.15) is 24.2 Å². The van der Waals surface area contributed by atoms with Crippen molar-refractivity contribution in [2.24, 2.45) is 0 Å². The highest BCUT2D eigenvalue weighted by atomic mass is 35.5. The molecule has 0 bridgehead atoms. The van der Waals surface area contributed by atoms with Gasteiger partial charge < -0.3 is 9.88 Å². The third kappa shape index (κ3) is 4.75. The van der Waals surface area contributed by atoms with Crippen LogP contribution in [0.25, 0.3) is 22.3 Å². The van der Waals surface area contributed by atoms with E-state index in [0.717, 1.165) is 6.07 Å². The molecule has 3 heterocycles. The summed E-state index contributed by atoms with van der Waals surface area (Å²) in [6, 6.07) is 4.73. The van der Waals surface area contributed by atoms with Crippen LogP contribution in [0.5, 0.6) is 0 Å². The average molecular weight is 523 g/mol. The maximum Gasteiger partial charge on any atom is 0.167 e. The summed E-state index contributed by atoms with van der Waals surface area (Å²) in [4.78, 5) is 12.8. The van der Waals surface area contributed by atoms with Crippen LogP contribution in [0.15, 0.2) is 36.5 Å². The monoisotopic (exact) mass is 522 g/mol. The van der Waals surface area contributed by atoms with E-state index in [9.17, 15) is 17.7 Å². The lowest BCUT2D eigenvalue weighted by atomic mass is 10.1. The fourth-order valence-corrected chi connectivity index (χ4v) is 4.63. The fraction of sp³-hybridized carbons (Fsp3) is 0.208. The molecule has 0 aliphatic heterocycles. The lowest BCUT2D eigenvalue weighted by Crippen LogP contribution is -2.14. The van der Waals surface area contributed by atoms with E-state index in [-0.39, 0.29) is 27.4 Å². The molecule has 1 unspecified atom stereocenters. The van der Waals surface area contributed by atoms with Crippen molar-refractivity contribution in [3.8, 4) is 11.3 Å². The Kier molecular flexibility index (Phi) is 6.60. The lowest BCUT2D eigenvalue weighted by molar-refractivity contribution is 0.473. The molecule has 0 aliphatic carbocycles. The molecule has 1 aromatic carbocycles. The van der Waals surface area contributed by atoms with Crippen molar-refractivity contribution < 1.29 is 22.1 Å². The molecule has 0 saturated heterocycles. The van der Waals surface area contributed by atoms with E-state index in [0.29, 0.717) is 22.8 Å². The van der Waals surface area contributed by atoms with Gasteiger partial charge in [0.05, 0.1) is 33.4 Å². The van der Waals surface area contributed by atoms with E-state index in [1.807, 2.05) is 0 Å². The van der Waals surface area contributed by atoms with E-state index in [4.69, 9.17) is 11.6 Å². The summed E-state index contributed by atoms with van der Waals surface area (Å²) in [7, 11) is -2.61. The van der Waals surface area contributed by atoms with Crippen LogP contribution in [0.3, 0.4) is 0 Å². The molecule has 1 N–H and O–H groups in total. The number of nitrogens with one attached hydrogen (secondary N) is 1. The Morgan fingerprint density at radius 1 is 1.00 bits per heavy atom. The Balaban J connectivity index is 1.86. The van der Waals surface area contributed by atoms with Gasteiger partial charge in [0, 0.05) is 23.4 Å². The van der Waals surface area contributed by atoms with E-state index in [2.05, 4.69) is 20.3 Å². The molecule has 3 aromatic heterocycles. The van der Waals surface area contributed by atoms with Crippen LogP contribution >= 0.6 is 18.7 Å². The Morgan fingerprint density at radius 2 is 1.69 bits per heavy atom. The smallest absolute Gasteiger partial charge is 0.167 e. The van der Waals surface area contributed by atoms with Crippen molar-refractivity contribution >= 4 is 40.9 Å². The molecule has 0 fully saturated rings. The minimum atomic E-state index is -2.61. The molecule has 0 aliphatic rings. The molecule has 0 radical (unpaired) electrons. The second kappa shape index (κ2) is 9.21. The van der Waals surface area contributed by atoms with Crippen LogP contribution < -0.4 is 10.8 Å². The number of aryl methyl sites for hydroxylation is 1. The van der Waals surface area contributed by atoms with Crippen molar-refractivity contribution in [3.05, 3.63) is 76.1 Å². The van der Waals surface area contributed by atoms with Crippen LogP contribution in [0.4, 0.5) is 23.2 Å². The topological polar surface area (TPSA) is 67.8 Å². The first-order chi connectivity index (χ1) is 16.4. The summed E-state index contributed by atoms with van der Waals surface area (Å²) in [6.45, 7) is 6.16. The number of benzene rings is 1. The first kappa shape index (κ1) is 25.1. The first-order valence-corrected chi connectivity index (χ1v) is 13.4. The molecular formula is C24H20ClF4N4OP. The largest absolute Gasteiger partial charge is 0.375 e. The average Bonchev–Trinajstić information content (AvgIpc) is 2.79. The highest BCUT2D eigenvalue weighted by molar-refractivity contribution is 7.69. The van der Waals surface area contributed by atoms with Gasteiger partial charge in [-0.25, -0.2) is 27.5 Å². The zero-order valence-electron chi connectivity index (χ0n) is 19.1. The number of halogens is 5. The van der Waals surface area contributed by atoms with Crippen LogP contribution in [-0.4, -0.2) is 28.3 Å². The number of pyridine rings is 3. The number of anilines is 1. The highest BCUT2D eigenvalue weighted by Gasteiger charge is 2.23. The van der Waals surface area contributed by atoms with Gasteiger partial charge in [0.2, 0.25) is 0 Å². The van der Waals surface area contributed by atoms with Crippen molar-refractivity contribution in [2.45, 2.75) is 19.9 Å². The SMILES string of the molecule is Cc1nc2cc(F)c(-c3ccc(P(C)(C)=O)nc3)nc2c(NC(C)c2c(F)ccc(F)c2F)c1Cl. The van der Waals surface area contributed by atoms with Gasteiger partial charge in [0.15, 0.2) is 17.5 Å². The molecular weight excluding hydrogens is 503 g/mol. The Bertz CT molecular complexity index is 1510. The second-order valence-electron chi connectivity index (χ2n) is 8.45. The molecule has 11 heteroatoms. The molecule has 4 rings (SSSR count). The highest BCUT2D eigenvalue weighted by Crippen LogP contribution is 2.37. The van der Waals surface area contributed by atoms with E-state index in [1.54, 1.807) is 32.4 Å². The lowest BCUT2D eigenvalue weighted by Gasteiger charge is -2.20. The summed E-state index contributed by atoms with van der Waals surface area (Å²) in [5.74, 6) is -4.14. The fourth-order valence-electron chi connectivity index (χ4n) is 3.67. The summed E-state index contributed by atoms with van der Waals surface area (Å²) in [5.41, 5.74) is 0.894. The Labute approximate surface area is 204 Å². The predicted octanol–water partition coefficient (Wildman–Crippen LogP) is 6.63. The predicted molar refractivity (Wildman–Crippen MR) is 130 cm³/mol. The molecule has 0 saturated carbocycles. The van der Waals surface area contributed by atoms with Gasteiger partial charge in [-0.15, -0.1) is 0 Å². The second-order valence-corrected chi connectivity index (χ2v) is 12.0. The molecule has 0 amide bonds. The normalized spacial score (nSPS) is 12.7. The third-order valence-corrected chi connectivity index (χ3v) is 7.29. The summed E-state index contributed by atoms with van der Waals surface area (Å²) >= 11 is 6.46. The van der Waals surface area contributed by atoms with Gasteiger partial charge in [0.25, 0.3) is 0 Å². The molecule has 1 atom stereocenters. The zero-order chi connectivity index (χ0) is 25.7. The number of nitrogens with zero attached hydrogens (tertiary/aromatic N) is 3. The van der Waals surface area contributed by atoms with Crippen LogP contribution in [-0.2, 0) is 4.57 Å². The van der Waals surface area contributed by atoms with Gasteiger partial charge in [-0.2, -0.15) is 0 Å². The maximum absolute atomic E-state index is 15.0. The molecule has 5 nitrogen and oxygen atoms in total. The number of aromatic nitrogens is 3. The van der Waals surface area contributed by atoms with E-state index < -0.39 is 42.0 Å². The minimum absolute atomic E-state index is 0.0703. The van der Waals surface area contributed by atoms with Gasteiger partial charge in [-0.1, -0.05) is 11.6 Å². The number of rotatable bonds is 5. The number of fused-ring (bicyclic) bond motifs is 1. The summed E-state index contributed by atoms with van der Waals surface area (Å²) < 4.78 is 69.7. The number of hydrogen-bond acceptors (Lipinski definition) is 5. The van der Waals surface area contributed by atoms with Crippen LogP contribution in [0.2, 0.25) is 5.02 Å². The molecule has 182 valence electrons. The van der Waals surface area contributed by atoms with E-state index in [1.165, 1.54) is 19.2 Å². The van der Waals surface area contributed by atoms with Crippen molar-refractivity contribution in [2.75, 3.05) is 18.6 Å². The third-order valence-electron chi connectivity index (χ3n) is 5.46. The van der Waals surface area contributed by atoms with Crippen molar-refractivity contribution in [1.82, 2.24) is 15.0 Å². The van der Waals surface area contributed by atoms with Gasteiger partial charge in [-0.05, 0) is 51.4 Å². The van der Waals surface area contributed by atoms with Gasteiger partial charge in [-0.3, -0.25) is 4.98 Å². The molecule has 0 spiro atoms. The first-order valence-electron chi connectivity index (χ1n) is 10.5. The van der Waals surface area contributed by atoms with Crippen molar-refractivity contribution in [3.63, 3.8) is 0 Å². The van der Waals surface area contributed by atoms with Crippen molar-refractivity contribution in [1.29, 1.82) is 0 Å². The van der Waals surface area contributed by atoms with Gasteiger partial charge in [0.1, 0.15) is 24.2 Å². The molecule has 4 aromatic rings.